The number of carbonyl (C=O) groups excluding carboxylic acids is 2. The van der Waals surface area contributed by atoms with Crippen molar-refractivity contribution in [2.45, 2.75) is 13.8 Å². The number of hydrazone groups is 1. The van der Waals surface area contributed by atoms with Gasteiger partial charge in [0.1, 0.15) is 0 Å². The average molecular weight is 296 g/mol. The standard InChI is InChI=1S/C16H16N4O2/c1-11-6-7-13(9-12(11)2)19-15(21)16(22)20-18-10-14-5-3-4-8-17-14/h3-10H,1-2H3,(H,19,21)(H,20,22)/b18-10+. The Labute approximate surface area is 128 Å². The van der Waals surface area contributed by atoms with Gasteiger partial charge in [0.25, 0.3) is 0 Å². The first-order chi connectivity index (χ1) is 10.6. The zero-order valence-corrected chi connectivity index (χ0v) is 12.3. The number of carbonyl (C=O) groups is 2. The van der Waals surface area contributed by atoms with E-state index in [0.29, 0.717) is 11.4 Å². The van der Waals surface area contributed by atoms with Crippen molar-refractivity contribution in [2.24, 2.45) is 5.10 Å². The molecule has 1 heterocycles. The third-order valence-electron chi connectivity index (χ3n) is 3.02. The molecule has 0 fully saturated rings. The van der Waals surface area contributed by atoms with E-state index in [4.69, 9.17) is 0 Å². The third-order valence-corrected chi connectivity index (χ3v) is 3.02. The molecule has 2 aromatic rings. The molecule has 6 heteroatoms. The Morgan fingerprint density at radius 1 is 1.09 bits per heavy atom. The highest BCUT2D eigenvalue weighted by Crippen LogP contribution is 2.13. The molecule has 0 saturated carbocycles. The van der Waals surface area contributed by atoms with E-state index in [1.54, 1.807) is 36.5 Å². The predicted molar refractivity (Wildman–Crippen MR) is 84.5 cm³/mol. The molecule has 0 unspecified atom stereocenters. The van der Waals surface area contributed by atoms with Crippen LogP contribution in [0, 0.1) is 13.8 Å². The Morgan fingerprint density at radius 2 is 1.91 bits per heavy atom. The summed E-state index contributed by atoms with van der Waals surface area (Å²) in [6, 6.07) is 10.7. The van der Waals surface area contributed by atoms with Crippen LogP contribution >= 0.6 is 0 Å². The van der Waals surface area contributed by atoms with Crippen molar-refractivity contribution in [2.75, 3.05) is 5.32 Å². The number of rotatable bonds is 3. The molecular formula is C16H16N4O2. The van der Waals surface area contributed by atoms with Crippen molar-refractivity contribution in [3.63, 3.8) is 0 Å². The number of aryl methyl sites for hydroxylation is 2. The number of aromatic nitrogens is 1. The summed E-state index contributed by atoms with van der Waals surface area (Å²) < 4.78 is 0. The molecule has 1 aromatic heterocycles. The molecule has 0 atom stereocenters. The lowest BCUT2D eigenvalue weighted by Crippen LogP contribution is -2.32. The predicted octanol–water partition coefficient (Wildman–Crippen LogP) is 1.79. The van der Waals surface area contributed by atoms with E-state index in [9.17, 15) is 9.59 Å². The van der Waals surface area contributed by atoms with Gasteiger partial charge in [-0.25, -0.2) is 5.43 Å². The van der Waals surface area contributed by atoms with E-state index in [1.165, 1.54) is 6.21 Å². The molecule has 0 saturated heterocycles. The van der Waals surface area contributed by atoms with E-state index >= 15 is 0 Å². The quantitative estimate of drug-likeness (QED) is 0.514. The summed E-state index contributed by atoms with van der Waals surface area (Å²) in [5.74, 6) is -1.62. The third kappa shape index (κ3) is 4.24. The van der Waals surface area contributed by atoms with E-state index in [-0.39, 0.29) is 0 Å². The number of amides is 2. The first-order valence-corrected chi connectivity index (χ1v) is 6.69. The minimum absolute atomic E-state index is 0.567. The summed E-state index contributed by atoms with van der Waals surface area (Å²) in [5, 5.41) is 6.21. The maximum absolute atomic E-state index is 11.7. The Hall–Kier alpha value is -3.02. The largest absolute Gasteiger partial charge is 0.329 e. The normalized spacial score (nSPS) is 10.5. The van der Waals surface area contributed by atoms with Crippen LogP contribution < -0.4 is 10.7 Å². The van der Waals surface area contributed by atoms with Crippen LogP contribution in [0.5, 0.6) is 0 Å². The van der Waals surface area contributed by atoms with Gasteiger partial charge in [-0.1, -0.05) is 12.1 Å². The lowest BCUT2D eigenvalue weighted by atomic mass is 10.1. The van der Waals surface area contributed by atoms with Gasteiger partial charge in [-0.3, -0.25) is 14.6 Å². The molecule has 22 heavy (non-hydrogen) atoms. The van der Waals surface area contributed by atoms with Crippen LogP contribution in [-0.2, 0) is 9.59 Å². The molecule has 0 aliphatic carbocycles. The second kappa shape index (κ2) is 7.12. The number of hydrogen-bond donors (Lipinski definition) is 2. The van der Waals surface area contributed by atoms with E-state index in [2.05, 4.69) is 20.8 Å². The number of hydrogen-bond acceptors (Lipinski definition) is 4. The molecule has 0 aliphatic heterocycles. The first kappa shape index (κ1) is 15.4. The molecule has 0 bridgehead atoms. The number of nitrogens with zero attached hydrogens (tertiary/aromatic N) is 2. The fourth-order valence-corrected chi connectivity index (χ4v) is 1.67. The van der Waals surface area contributed by atoms with Crippen molar-refractivity contribution in [1.82, 2.24) is 10.4 Å². The molecular weight excluding hydrogens is 280 g/mol. The molecule has 0 radical (unpaired) electrons. The summed E-state index contributed by atoms with van der Waals surface area (Å²) >= 11 is 0. The van der Waals surface area contributed by atoms with Crippen LogP contribution in [0.2, 0.25) is 0 Å². The maximum Gasteiger partial charge on any atom is 0.329 e. The molecule has 1 aromatic carbocycles. The second-order valence-electron chi connectivity index (χ2n) is 4.71. The molecule has 6 nitrogen and oxygen atoms in total. The topological polar surface area (TPSA) is 83.5 Å². The van der Waals surface area contributed by atoms with Crippen LogP contribution in [0.4, 0.5) is 5.69 Å². The molecule has 2 N–H and O–H groups in total. The number of anilines is 1. The summed E-state index contributed by atoms with van der Waals surface area (Å²) in [6.07, 6.45) is 2.97. The van der Waals surface area contributed by atoms with E-state index in [0.717, 1.165) is 11.1 Å². The average Bonchev–Trinajstić information content (AvgIpc) is 2.52. The maximum atomic E-state index is 11.7. The molecule has 2 rings (SSSR count). The fourth-order valence-electron chi connectivity index (χ4n) is 1.67. The van der Waals surface area contributed by atoms with Gasteiger partial charge < -0.3 is 5.32 Å². The highest BCUT2D eigenvalue weighted by atomic mass is 16.2. The van der Waals surface area contributed by atoms with Crippen molar-refractivity contribution < 1.29 is 9.59 Å². The number of nitrogens with one attached hydrogen (secondary N) is 2. The van der Waals surface area contributed by atoms with E-state index < -0.39 is 11.8 Å². The first-order valence-electron chi connectivity index (χ1n) is 6.69. The van der Waals surface area contributed by atoms with Gasteiger partial charge >= 0.3 is 11.8 Å². The van der Waals surface area contributed by atoms with Gasteiger partial charge in [-0.05, 0) is 49.2 Å². The Kier molecular flexibility index (Phi) is 4.98. The van der Waals surface area contributed by atoms with Crippen molar-refractivity contribution in [3.05, 3.63) is 59.4 Å². The van der Waals surface area contributed by atoms with Crippen LogP contribution in [0.3, 0.4) is 0 Å². The van der Waals surface area contributed by atoms with Gasteiger partial charge in [-0.2, -0.15) is 5.10 Å². The van der Waals surface area contributed by atoms with Crippen molar-refractivity contribution >= 4 is 23.7 Å². The summed E-state index contributed by atoms with van der Waals surface area (Å²) in [6.45, 7) is 3.90. The van der Waals surface area contributed by atoms with Crippen LogP contribution in [0.15, 0.2) is 47.7 Å². The van der Waals surface area contributed by atoms with Gasteiger partial charge in [0.2, 0.25) is 0 Å². The van der Waals surface area contributed by atoms with Gasteiger partial charge in [0.15, 0.2) is 0 Å². The van der Waals surface area contributed by atoms with E-state index in [1.807, 2.05) is 19.9 Å². The fraction of sp³-hybridized carbons (Fsp3) is 0.125. The minimum Gasteiger partial charge on any atom is -0.318 e. The van der Waals surface area contributed by atoms with Gasteiger partial charge in [0.05, 0.1) is 11.9 Å². The lowest BCUT2D eigenvalue weighted by Gasteiger charge is -2.06. The summed E-state index contributed by atoms with van der Waals surface area (Å²) in [4.78, 5) is 27.4. The van der Waals surface area contributed by atoms with Crippen molar-refractivity contribution in [1.29, 1.82) is 0 Å². The molecule has 112 valence electrons. The smallest absolute Gasteiger partial charge is 0.318 e. The Bertz CT molecular complexity index is 711. The van der Waals surface area contributed by atoms with Crippen LogP contribution in [0.1, 0.15) is 16.8 Å². The van der Waals surface area contributed by atoms with Crippen LogP contribution in [0.25, 0.3) is 0 Å². The second-order valence-corrected chi connectivity index (χ2v) is 4.71. The SMILES string of the molecule is Cc1ccc(NC(=O)C(=O)N/N=C/c2ccccn2)cc1C. The minimum atomic E-state index is -0.842. The highest BCUT2D eigenvalue weighted by molar-refractivity contribution is 6.39. The summed E-state index contributed by atoms with van der Waals surface area (Å²) in [5.41, 5.74) is 5.45. The van der Waals surface area contributed by atoms with Gasteiger partial charge in [-0.15, -0.1) is 0 Å². The highest BCUT2D eigenvalue weighted by Gasteiger charge is 2.12. The summed E-state index contributed by atoms with van der Waals surface area (Å²) in [7, 11) is 0. The Morgan fingerprint density at radius 3 is 2.59 bits per heavy atom. The molecule has 2 amide bonds. The lowest BCUT2D eigenvalue weighted by molar-refractivity contribution is -0.136. The number of pyridine rings is 1. The van der Waals surface area contributed by atoms with Crippen LogP contribution in [-0.4, -0.2) is 23.0 Å². The zero-order valence-electron chi connectivity index (χ0n) is 12.3. The molecule has 0 spiro atoms. The van der Waals surface area contributed by atoms with Gasteiger partial charge in [0, 0.05) is 11.9 Å². The molecule has 0 aliphatic rings. The zero-order chi connectivity index (χ0) is 15.9. The Balaban J connectivity index is 1.90. The monoisotopic (exact) mass is 296 g/mol. The van der Waals surface area contributed by atoms with Crippen molar-refractivity contribution in [3.8, 4) is 0 Å². The number of benzene rings is 1.